The van der Waals surface area contributed by atoms with Crippen LogP contribution in [0.15, 0.2) is 16.3 Å². The quantitative estimate of drug-likeness (QED) is 0.810. The van der Waals surface area contributed by atoms with Crippen LogP contribution in [0, 0.1) is 5.92 Å². The summed E-state index contributed by atoms with van der Waals surface area (Å²) in [5, 5.41) is 2.68. The smallest absolute Gasteiger partial charge is 0.252 e. The highest BCUT2D eigenvalue weighted by molar-refractivity contribution is 7.91. The summed E-state index contributed by atoms with van der Waals surface area (Å²) < 4.78 is 32.6. The minimum Gasteiger partial charge on any atom is -0.381 e. The van der Waals surface area contributed by atoms with E-state index in [1.54, 1.807) is 12.1 Å². The topological polar surface area (TPSA) is 75.7 Å². The van der Waals surface area contributed by atoms with Crippen LogP contribution in [0.3, 0.4) is 0 Å². The highest BCUT2D eigenvalue weighted by Gasteiger charge is 2.28. The number of hydrogen-bond acceptors (Lipinski definition) is 5. The Morgan fingerprint density at radius 2 is 2.27 bits per heavy atom. The number of thiophene rings is 1. The number of sulfonamides is 1. The zero-order chi connectivity index (χ0) is 16.2. The molecule has 0 spiro atoms. The lowest BCUT2D eigenvalue weighted by molar-refractivity contribution is -0.119. The number of carbonyl (C=O) groups is 1. The first-order valence-corrected chi connectivity index (χ1v) is 9.60. The van der Waals surface area contributed by atoms with Gasteiger partial charge in [0.2, 0.25) is 5.91 Å². The van der Waals surface area contributed by atoms with Gasteiger partial charge in [0.15, 0.2) is 0 Å². The van der Waals surface area contributed by atoms with Gasteiger partial charge in [0.1, 0.15) is 4.21 Å². The van der Waals surface area contributed by atoms with Gasteiger partial charge in [-0.3, -0.25) is 4.79 Å². The van der Waals surface area contributed by atoms with Crippen molar-refractivity contribution in [1.29, 1.82) is 0 Å². The molecule has 8 heteroatoms. The average Bonchev–Trinajstić information content (AvgIpc) is 3.13. The third-order valence-corrected chi connectivity index (χ3v) is 7.07. The molecule has 0 unspecified atom stereocenters. The summed E-state index contributed by atoms with van der Waals surface area (Å²) in [6.07, 6.45) is 0.907. The van der Waals surface area contributed by atoms with E-state index in [0.717, 1.165) is 11.3 Å². The van der Waals surface area contributed by atoms with Crippen LogP contribution in [-0.2, 0) is 26.1 Å². The molecule has 1 aliphatic heterocycles. The van der Waals surface area contributed by atoms with Crippen molar-refractivity contribution in [3.05, 3.63) is 17.0 Å². The Labute approximate surface area is 135 Å². The number of nitrogens with one attached hydrogen (secondary N) is 1. The molecule has 1 aliphatic rings. The summed E-state index contributed by atoms with van der Waals surface area (Å²) in [4.78, 5) is 11.8. The molecule has 1 N–H and O–H groups in total. The largest absolute Gasteiger partial charge is 0.381 e. The van der Waals surface area contributed by atoms with Crippen molar-refractivity contribution in [3.63, 3.8) is 0 Å². The van der Waals surface area contributed by atoms with E-state index >= 15 is 0 Å². The summed E-state index contributed by atoms with van der Waals surface area (Å²) in [6, 6.07) is 3.37. The molecule has 22 heavy (non-hydrogen) atoms. The molecule has 1 atom stereocenters. The maximum atomic E-state index is 12.7. The van der Waals surface area contributed by atoms with E-state index in [0.29, 0.717) is 37.1 Å². The summed E-state index contributed by atoms with van der Waals surface area (Å²) in [5.74, 6) is 0.141. The molecule has 124 valence electrons. The Morgan fingerprint density at radius 1 is 1.50 bits per heavy atom. The lowest BCUT2D eigenvalue weighted by Gasteiger charge is -2.22. The number of amides is 1. The number of rotatable bonds is 7. The van der Waals surface area contributed by atoms with Crippen LogP contribution in [0.5, 0.6) is 0 Å². The lowest BCUT2D eigenvalue weighted by Crippen LogP contribution is -2.35. The molecule has 0 aromatic carbocycles. The molecule has 0 radical (unpaired) electrons. The van der Waals surface area contributed by atoms with Gasteiger partial charge in [-0.25, -0.2) is 8.42 Å². The fraction of sp³-hybridized carbons (Fsp3) is 0.643. The van der Waals surface area contributed by atoms with Crippen molar-refractivity contribution >= 4 is 27.3 Å². The predicted molar refractivity (Wildman–Crippen MR) is 85.2 cm³/mol. The summed E-state index contributed by atoms with van der Waals surface area (Å²) >= 11 is 1.21. The molecule has 1 aromatic rings. The number of nitrogens with zero attached hydrogens (tertiary/aromatic N) is 1. The van der Waals surface area contributed by atoms with Gasteiger partial charge in [0, 0.05) is 31.5 Å². The van der Waals surface area contributed by atoms with Gasteiger partial charge < -0.3 is 10.1 Å². The van der Waals surface area contributed by atoms with E-state index in [-0.39, 0.29) is 11.8 Å². The van der Waals surface area contributed by atoms with Gasteiger partial charge in [-0.05, 0) is 24.5 Å². The third kappa shape index (κ3) is 4.28. The average molecular weight is 346 g/mol. The second-order valence-electron chi connectivity index (χ2n) is 5.32. The number of ether oxygens (including phenoxy) is 1. The van der Waals surface area contributed by atoms with Crippen molar-refractivity contribution in [2.24, 2.45) is 5.92 Å². The zero-order valence-corrected chi connectivity index (χ0v) is 14.5. The second kappa shape index (κ2) is 7.54. The van der Waals surface area contributed by atoms with Gasteiger partial charge >= 0.3 is 0 Å². The molecule has 1 aromatic heterocycles. The fourth-order valence-corrected chi connectivity index (χ4v) is 5.32. The van der Waals surface area contributed by atoms with Crippen molar-refractivity contribution in [1.82, 2.24) is 9.62 Å². The van der Waals surface area contributed by atoms with Gasteiger partial charge in [0.25, 0.3) is 10.0 Å². The Kier molecular flexibility index (Phi) is 5.96. The molecule has 6 nitrogen and oxygen atoms in total. The molecule has 1 saturated heterocycles. The van der Waals surface area contributed by atoms with Crippen molar-refractivity contribution in [2.45, 2.75) is 31.0 Å². The van der Waals surface area contributed by atoms with Crippen molar-refractivity contribution in [2.75, 3.05) is 26.3 Å². The molecule has 1 amide bonds. The molecule has 0 aliphatic carbocycles. The van der Waals surface area contributed by atoms with Gasteiger partial charge in [-0.2, -0.15) is 4.31 Å². The third-order valence-electron chi connectivity index (χ3n) is 3.58. The Morgan fingerprint density at radius 3 is 2.86 bits per heavy atom. The molecule has 0 saturated carbocycles. The van der Waals surface area contributed by atoms with Crippen LogP contribution in [0.2, 0.25) is 0 Å². The number of carbonyl (C=O) groups excluding carboxylic acids is 1. The predicted octanol–water partition coefficient (Wildman–Crippen LogP) is 1.43. The first-order chi connectivity index (χ1) is 10.4. The number of hydrogen-bond donors (Lipinski definition) is 1. The summed E-state index contributed by atoms with van der Waals surface area (Å²) in [6.45, 7) is 5.92. The minimum atomic E-state index is -3.47. The normalized spacial score (nSPS) is 18.8. The fourth-order valence-electron chi connectivity index (χ4n) is 2.34. The highest BCUT2D eigenvalue weighted by atomic mass is 32.2. The van der Waals surface area contributed by atoms with Crippen molar-refractivity contribution < 1.29 is 17.9 Å². The van der Waals surface area contributed by atoms with Gasteiger partial charge in [-0.15, -0.1) is 11.3 Å². The maximum Gasteiger partial charge on any atom is 0.252 e. The first-order valence-electron chi connectivity index (χ1n) is 7.34. The standard InChI is InChI=1S/C14H22N2O4S2/c1-3-16(9-12-6-7-20-10-12)22(18,19)14-5-4-13(21-14)8-15-11(2)17/h4-5,12H,3,6-10H2,1-2H3,(H,15,17)/t12-/m1/s1. The first kappa shape index (κ1) is 17.4. The Balaban J connectivity index is 2.08. The van der Waals surface area contributed by atoms with Crippen LogP contribution >= 0.6 is 11.3 Å². The second-order valence-corrected chi connectivity index (χ2v) is 8.65. The molecule has 1 fully saturated rings. The minimum absolute atomic E-state index is 0.130. The van der Waals surface area contributed by atoms with E-state index in [2.05, 4.69) is 5.32 Å². The van der Waals surface area contributed by atoms with Crippen LogP contribution in [-0.4, -0.2) is 44.9 Å². The SMILES string of the molecule is CCN(C[C@H]1CCOC1)S(=O)(=O)c1ccc(CNC(C)=O)s1. The van der Waals surface area contributed by atoms with Gasteiger partial charge in [0.05, 0.1) is 13.2 Å². The summed E-state index contributed by atoms with van der Waals surface area (Å²) in [5.41, 5.74) is 0. The molecule has 2 rings (SSSR count). The lowest BCUT2D eigenvalue weighted by atomic mass is 10.1. The van der Waals surface area contributed by atoms with Crippen LogP contribution in [0.25, 0.3) is 0 Å². The Bertz CT molecular complexity index is 606. The van der Waals surface area contributed by atoms with Crippen molar-refractivity contribution in [3.8, 4) is 0 Å². The highest BCUT2D eigenvalue weighted by Crippen LogP contribution is 2.26. The molecule has 0 bridgehead atoms. The van der Waals surface area contributed by atoms with E-state index in [4.69, 9.17) is 4.74 Å². The van der Waals surface area contributed by atoms with Crippen LogP contribution in [0.1, 0.15) is 25.1 Å². The van der Waals surface area contributed by atoms with Crippen LogP contribution in [0.4, 0.5) is 0 Å². The molecular weight excluding hydrogens is 324 g/mol. The monoisotopic (exact) mass is 346 g/mol. The summed E-state index contributed by atoms with van der Waals surface area (Å²) in [7, 11) is -3.47. The van der Waals surface area contributed by atoms with Gasteiger partial charge in [-0.1, -0.05) is 6.92 Å². The molecular formula is C14H22N2O4S2. The zero-order valence-electron chi connectivity index (χ0n) is 12.9. The van der Waals surface area contributed by atoms with E-state index in [9.17, 15) is 13.2 Å². The van der Waals surface area contributed by atoms with E-state index in [1.165, 1.54) is 22.6 Å². The van der Waals surface area contributed by atoms with E-state index < -0.39 is 10.0 Å². The molecule has 2 heterocycles. The van der Waals surface area contributed by atoms with Crippen LogP contribution < -0.4 is 5.32 Å². The van der Waals surface area contributed by atoms with E-state index in [1.807, 2.05) is 6.92 Å². The Hall–Kier alpha value is -0.960. The maximum absolute atomic E-state index is 12.7.